The van der Waals surface area contributed by atoms with Crippen molar-refractivity contribution in [3.63, 3.8) is 0 Å². The highest BCUT2D eigenvalue weighted by atomic mass is 16.5. The van der Waals surface area contributed by atoms with E-state index in [1.165, 1.54) is 0 Å². The molecule has 1 amide bonds. The molecule has 0 aromatic heterocycles. The molecule has 2 rings (SSSR count). The van der Waals surface area contributed by atoms with Crippen molar-refractivity contribution in [3.8, 4) is 5.75 Å². The fourth-order valence-electron chi connectivity index (χ4n) is 2.51. The van der Waals surface area contributed by atoms with Crippen molar-refractivity contribution < 1.29 is 14.3 Å². The lowest BCUT2D eigenvalue weighted by Gasteiger charge is -2.19. The van der Waals surface area contributed by atoms with Gasteiger partial charge in [-0.15, -0.1) is 0 Å². The summed E-state index contributed by atoms with van der Waals surface area (Å²) in [5.74, 6) is 1.30. The normalized spacial score (nSPS) is 18.0. The fraction of sp³-hybridized carbons (Fsp3) is 0.588. The van der Waals surface area contributed by atoms with Gasteiger partial charge in [0.05, 0.1) is 6.10 Å². The van der Waals surface area contributed by atoms with Crippen LogP contribution in [0.2, 0.25) is 0 Å². The van der Waals surface area contributed by atoms with Gasteiger partial charge in [-0.05, 0) is 43.0 Å². The molecule has 1 aliphatic rings. The van der Waals surface area contributed by atoms with Gasteiger partial charge in [-0.25, -0.2) is 0 Å². The van der Waals surface area contributed by atoms with E-state index in [1.807, 2.05) is 31.3 Å². The van der Waals surface area contributed by atoms with Crippen molar-refractivity contribution in [1.82, 2.24) is 4.90 Å². The minimum atomic E-state index is 0.0503. The molecule has 4 nitrogen and oxygen atoms in total. The van der Waals surface area contributed by atoms with Crippen LogP contribution in [0.3, 0.4) is 0 Å². The molecule has 1 saturated heterocycles. The molecule has 0 N–H and O–H groups in total. The van der Waals surface area contributed by atoms with Crippen molar-refractivity contribution in [2.75, 3.05) is 26.8 Å². The van der Waals surface area contributed by atoms with E-state index in [-0.39, 0.29) is 12.0 Å². The van der Waals surface area contributed by atoms with Crippen molar-refractivity contribution in [2.45, 2.75) is 32.8 Å². The highest BCUT2D eigenvalue weighted by Crippen LogP contribution is 2.17. The molecule has 0 radical (unpaired) electrons. The molecule has 0 bridgehead atoms. The number of hydrogen-bond donors (Lipinski definition) is 0. The Labute approximate surface area is 127 Å². The number of amides is 1. The quantitative estimate of drug-likeness (QED) is 0.809. The van der Waals surface area contributed by atoms with E-state index in [9.17, 15) is 4.79 Å². The summed E-state index contributed by atoms with van der Waals surface area (Å²) >= 11 is 0. The monoisotopic (exact) mass is 291 g/mol. The summed E-state index contributed by atoms with van der Waals surface area (Å²) in [6.45, 7) is 6.39. The van der Waals surface area contributed by atoms with E-state index < -0.39 is 0 Å². The second-order valence-corrected chi connectivity index (χ2v) is 6.05. The third-order valence-corrected chi connectivity index (χ3v) is 3.55. The predicted molar refractivity (Wildman–Crippen MR) is 82.7 cm³/mol. The first-order valence-electron chi connectivity index (χ1n) is 7.66. The lowest BCUT2D eigenvalue weighted by Crippen LogP contribution is -2.30. The molecule has 1 heterocycles. The smallest absolute Gasteiger partial charge is 0.253 e. The van der Waals surface area contributed by atoms with E-state index in [1.54, 1.807) is 4.90 Å². The molecule has 21 heavy (non-hydrogen) atoms. The zero-order valence-corrected chi connectivity index (χ0v) is 13.2. The van der Waals surface area contributed by atoms with E-state index in [2.05, 4.69) is 13.8 Å². The number of rotatable bonds is 6. The van der Waals surface area contributed by atoms with Gasteiger partial charge in [-0.1, -0.05) is 13.8 Å². The van der Waals surface area contributed by atoms with Crippen LogP contribution in [0.15, 0.2) is 24.3 Å². The Bertz CT molecular complexity index is 450. The summed E-state index contributed by atoms with van der Waals surface area (Å²) in [6.07, 6.45) is 2.39. The minimum absolute atomic E-state index is 0.0503. The number of hydrogen-bond acceptors (Lipinski definition) is 3. The number of benzene rings is 1. The van der Waals surface area contributed by atoms with Crippen LogP contribution in [0.1, 0.15) is 37.0 Å². The first kappa shape index (κ1) is 15.8. The summed E-state index contributed by atoms with van der Waals surface area (Å²) < 4.78 is 11.2. The second kappa shape index (κ2) is 7.46. The number of ether oxygens (including phenoxy) is 2. The van der Waals surface area contributed by atoms with Crippen LogP contribution < -0.4 is 4.74 Å². The third kappa shape index (κ3) is 4.74. The van der Waals surface area contributed by atoms with Crippen LogP contribution in [0, 0.1) is 5.92 Å². The Hall–Kier alpha value is -1.55. The summed E-state index contributed by atoms with van der Waals surface area (Å²) in [6, 6.07) is 7.35. The van der Waals surface area contributed by atoms with Crippen LogP contribution in [0.25, 0.3) is 0 Å². The molecular weight excluding hydrogens is 266 g/mol. The molecule has 1 atom stereocenters. The molecule has 1 aromatic carbocycles. The lowest BCUT2D eigenvalue weighted by molar-refractivity contribution is 0.0679. The Kier molecular flexibility index (Phi) is 5.62. The van der Waals surface area contributed by atoms with Crippen LogP contribution in [0.5, 0.6) is 5.75 Å². The molecule has 4 heteroatoms. The summed E-state index contributed by atoms with van der Waals surface area (Å²) in [4.78, 5) is 14.0. The molecule has 1 aromatic rings. The zero-order chi connectivity index (χ0) is 15.2. The highest BCUT2D eigenvalue weighted by molar-refractivity contribution is 5.94. The summed E-state index contributed by atoms with van der Waals surface area (Å²) in [5, 5.41) is 0. The standard InChI is InChI=1S/C17H25NO3/c1-13(2)11-18(3)17(19)14-6-8-15(9-7-14)21-12-16-5-4-10-20-16/h6-9,13,16H,4-5,10-12H2,1-3H3. The zero-order valence-electron chi connectivity index (χ0n) is 13.2. The fourth-order valence-corrected chi connectivity index (χ4v) is 2.51. The maximum atomic E-state index is 12.2. The first-order chi connectivity index (χ1) is 10.1. The van der Waals surface area contributed by atoms with Gasteiger partial charge in [0, 0.05) is 25.8 Å². The second-order valence-electron chi connectivity index (χ2n) is 6.05. The van der Waals surface area contributed by atoms with Crippen LogP contribution in [-0.4, -0.2) is 43.7 Å². The molecule has 1 aliphatic heterocycles. The molecular formula is C17H25NO3. The van der Waals surface area contributed by atoms with Crippen LogP contribution in [0.4, 0.5) is 0 Å². The van der Waals surface area contributed by atoms with Gasteiger partial charge >= 0.3 is 0 Å². The molecule has 0 saturated carbocycles. The number of carbonyl (C=O) groups is 1. The summed E-state index contributed by atoms with van der Waals surface area (Å²) in [7, 11) is 1.84. The van der Waals surface area contributed by atoms with Gasteiger partial charge in [0.25, 0.3) is 5.91 Å². The van der Waals surface area contributed by atoms with Crippen LogP contribution >= 0.6 is 0 Å². The van der Waals surface area contributed by atoms with E-state index >= 15 is 0 Å². The first-order valence-corrected chi connectivity index (χ1v) is 7.66. The maximum Gasteiger partial charge on any atom is 0.253 e. The largest absolute Gasteiger partial charge is 0.491 e. The van der Waals surface area contributed by atoms with Crippen molar-refractivity contribution >= 4 is 5.91 Å². The lowest BCUT2D eigenvalue weighted by atomic mass is 10.1. The Morgan fingerprint density at radius 3 is 2.67 bits per heavy atom. The number of nitrogens with zero attached hydrogens (tertiary/aromatic N) is 1. The molecule has 1 fully saturated rings. The Morgan fingerprint density at radius 2 is 2.10 bits per heavy atom. The van der Waals surface area contributed by atoms with E-state index in [0.717, 1.165) is 31.7 Å². The number of carbonyl (C=O) groups excluding carboxylic acids is 1. The summed E-state index contributed by atoms with van der Waals surface area (Å²) in [5.41, 5.74) is 0.697. The van der Waals surface area contributed by atoms with Crippen molar-refractivity contribution in [1.29, 1.82) is 0 Å². The average Bonchev–Trinajstić information content (AvgIpc) is 2.97. The SMILES string of the molecule is CC(C)CN(C)C(=O)c1ccc(OCC2CCCO2)cc1. The van der Waals surface area contributed by atoms with Gasteiger partial charge in [0.1, 0.15) is 12.4 Å². The van der Waals surface area contributed by atoms with Gasteiger partial charge in [0.2, 0.25) is 0 Å². The van der Waals surface area contributed by atoms with Gasteiger partial charge in [-0.3, -0.25) is 4.79 Å². The van der Waals surface area contributed by atoms with Crippen LogP contribution in [-0.2, 0) is 4.74 Å². The Balaban J connectivity index is 1.87. The van der Waals surface area contributed by atoms with Crippen molar-refractivity contribution in [2.24, 2.45) is 5.92 Å². The Morgan fingerprint density at radius 1 is 1.38 bits per heavy atom. The molecule has 0 spiro atoms. The van der Waals surface area contributed by atoms with E-state index in [0.29, 0.717) is 18.1 Å². The molecule has 116 valence electrons. The average molecular weight is 291 g/mol. The third-order valence-electron chi connectivity index (χ3n) is 3.55. The van der Waals surface area contributed by atoms with Gasteiger partial charge < -0.3 is 14.4 Å². The van der Waals surface area contributed by atoms with E-state index in [4.69, 9.17) is 9.47 Å². The van der Waals surface area contributed by atoms with Crippen molar-refractivity contribution in [3.05, 3.63) is 29.8 Å². The van der Waals surface area contributed by atoms with Gasteiger partial charge in [-0.2, -0.15) is 0 Å². The molecule has 1 unspecified atom stereocenters. The highest BCUT2D eigenvalue weighted by Gasteiger charge is 2.16. The topological polar surface area (TPSA) is 38.8 Å². The van der Waals surface area contributed by atoms with Gasteiger partial charge in [0.15, 0.2) is 0 Å². The maximum absolute atomic E-state index is 12.2. The predicted octanol–water partition coefficient (Wildman–Crippen LogP) is 2.97. The minimum Gasteiger partial charge on any atom is -0.491 e. The molecule has 0 aliphatic carbocycles.